The molecular formula is C14H14BrClN2. The predicted octanol–water partition coefficient (Wildman–Crippen LogP) is 4.74. The highest BCUT2D eigenvalue weighted by atomic mass is 79.9. The van der Waals surface area contributed by atoms with Crippen molar-refractivity contribution in [1.82, 2.24) is 9.97 Å². The molecule has 0 amide bonds. The van der Waals surface area contributed by atoms with E-state index in [1.54, 1.807) is 0 Å². The van der Waals surface area contributed by atoms with E-state index < -0.39 is 0 Å². The first-order valence-corrected chi connectivity index (χ1v) is 6.99. The highest BCUT2D eigenvalue weighted by Crippen LogP contribution is 2.29. The van der Waals surface area contributed by atoms with Gasteiger partial charge in [0.25, 0.3) is 0 Å². The molecule has 0 saturated carbocycles. The molecule has 0 unspecified atom stereocenters. The normalized spacial score (nSPS) is 10.7. The highest BCUT2D eigenvalue weighted by Gasteiger charge is 2.11. The van der Waals surface area contributed by atoms with Gasteiger partial charge >= 0.3 is 0 Å². The van der Waals surface area contributed by atoms with Gasteiger partial charge in [0.1, 0.15) is 5.15 Å². The van der Waals surface area contributed by atoms with Crippen molar-refractivity contribution in [2.45, 2.75) is 27.2 Å². The maximum absolute atomic E-state index is 6.16. The summed E-state index contributed by atoms with van der Waals surface area (Å²) < 4.78 is 0.990. The van der Waals surface area contributed by atoms with E-state index in [0.717, 1.165) is 27.7 Å². The minimum Gasteiger partial charge on any atom is -0.233 e. The van der Waals surface area contributed by atoms with Gasteiger partial charge in [-0.2, -0.15) is 0 Å². The number of benzene rings is 1. The first kappa shape index (κ1) is 13.5. The molecule has 1 aromatic heterocycles. The Morgan fingerprint density at radius 1 is 1.22 bits per heavy atom. The van der Waals surface area contributed by atoms with Crippen LogP contribution < -0.4 is 0 Å². The van der Waals surface area contributed by atoms with E-state index in [9.17, 15) is 0 Å². The summed E-state index contributed by atoms with van der Waals surface area (Å²) >= 11 is 9.72. The Kier molecular flexibility index (Phi) is 4.03. The van der Waals surface area contributed by atoms with Crippen molar-refractivity contribution in [1.29, 1.82) is 0 Å². The zero-order chi connectivity index (χ0) is 13.3. The molecule has 94 valence electrons. The van der Waals surface area contributed by atoms with Gasteiger partial charge in [-0.3, -0.25) is 0 Å². The van der Waals surface area contributed by atoms with E-state index in [1.165, 1.54) is 5.56 Å². The second-order valence-corrected chi connectivity index (χ2v) is 5.46. The SMILES string of the molecule is CCc1nc(-c2ccc(C)cc2Br)nc(Cl)c1C. The number of hydrogen-bond donors (Lipinski definition) is 0. The molecule has 0 aliphatic heterocycles. The lowest BCUT2D eigenvalue weighted by molar-refractivity contribution is 0.976. The largest absolute Gasteiger partial charge is 0.233 e. The van der Waals surface area contributed by atoms with Crippen molar-refractivity contribution in [3.05, 3.63) is 44.6 Å². The van der Waals surface area contributed by atoms with E-state index in [-0.39, 0.29) is 0 Å². The van der Waals surface area contributed by atoms with Gasteiger partial charge in [-0.1, -0.05) is 40.5 Å². The van der Waals surface area contributed by atoms with E-state index in [0.29, 0.717) is 11.0 Å². The quantitative estimate of drug-likeness (QED) is 0.745. The first-order chi connectivity index (χ1) is 8.52. The fraction of sp³-hybridized carbons (Fsp3) is 0.286. The van der Waals surface area contributed by atoms with Crippen molar-refractivity contribution < 1.29 is 0 Å². The van der Waals surface area contributed by atoms with Gasteiger partial charge in [-0.25, -0.2) is 9.97 Å². The van der Waals surface area contributed by atoms with E-state index in [2.05, 4.69) is 45.8 Å². The van der Waals surface area contributed by atoms with E-state index in [4.69, 9.17) is 11.6 Å². The topological polar surface area (TPSA) is 25.8 Å². The molecule has 4 heteroatoms. The number of hydrogen-bond acceptors (Lipinski definition) is 2. The minimum atomic E-state index is 0.532. The molecule has 0 spiro atoms. The lowest BCUT2D eigenvalue weighted by Crippen LogP contribution is -2.00. The lowest BCUT2D eigenvalue weighted by atomic mass is 10.1. The Morgan fingerprint density at radius 3 is 2.56 bits per heavy atom. The fourth-order valence-electron chi connectivity index (χ4n) is 1.80. The smallest absolute Gasteiger partial charge is 0.162 e. The Labute approximate surface area is 121 Å². The van der Waals surface area contributed by atoms with Gasteiger partial charge < -0.3 is 0 Å². The molecule has 0 N–H and O–H groups in total. The second-order valence-electron chi connectivity index (χ2n) is 4.25. The van der Waals surface area contributed by atoms with Crippen molar-refractivity contribution in [3.63, 3.8) is 0 Å². The summed E-state index contributed by atoms with van der Waals surface area (Å²) in [4.78, 5) is 8.95. The van der Waals surface area contributed by atoms with Crippen molar-refractivity contribution in [3.8, 4) is 11.4 Å². The Bertz CT molecular complexity index is 597. The maximum Gasteiger partial charge on any atom is 0.162 e. The van der Waals surface area contributed by atoms with Crippen LogP contribution in [0.2, 0.25) is 5.15 Å². The van der Waals surface area contributed by atoms with Crippen LogP contribution in [0.5, 0.6) is 0 Å². The van der Waals surface area contributed by atoms with Crippen LogP contribution in [-0.4, -0.2) is 9.97 Å². The molecular weight excluding hydrogens is 312 g/mol. The standard InChI is InChI=1S/C14H14BrClN2/c1-4-12-9(3)13(16)18-14(17-12)10-6-5-8(2)7-11(10)15/h5-7H,4H2,1-3H3. The molecule has 18 heavy (non-hydrogen) atoms. The molecule has 0 saturated heterocycles. The molecule has 1 heterocycles. The number of aryl methyl sites for hydroxylation is 2. The molecule has 2 nitrogen and oxygen atoms in total. The fourth-order valence-corrected chi connectivity index (χ4v) is 2.66. The van der Waals surface area contributed by atoms with Crippen LogP contribution in [0.25, 0.3) is 11.4 Å². The van der Waals surface area contributed by atoms with Crippen LogP contribution in [0.1, 0.15) is 23.7 Å². The van der Waals surface area contributed by atoms with Gasteiger partial charge in [0.05, 0.1) is 0 Å². The third-order valence-electron chi connectivity index (χ3n) is 2.89. The summed E-state index contributed by atoms with van der Waals surface area (Å²) in [7, 11) is 0. The summed E-state index contributed by atoms with van der Waals surface area (Å²) in [6.45, 7) is 6.07. The monoisotopic (exact) mass is 324 g/mol. The third kappa shape index (κ3) is 2.57. The Balaban J connectivity index is 2.60. The summed E-state index contributed by atoms with van der Waals surface area (Å²) in [5.74, 6) is 0.675. The van der Waals surface area contributed by atoms with Gasteiger partial charge in [-0.15, -0.1) is 0 Å². The van der Waals surface area contributed by atoms with Crippen LogP contribution >= 0.6 is 27.5 Å². The van der Waals surface area contributed by atoms with Crippen LogP contribution in [0.4, 0.5) is 0 Å². The number of rotatable bonds is 2. The molecule has 0 fully saturated rings. The number of aromatic nitrogens is 2. The van der Waals surface area contributed by atoms with Crippen LogP contribution in [-0.2, 0) is 6.42 Å². The van der Waals surface area contributed by atoms with Gasteiger partial charge in [0.2, 0.25) is 0 Å². The highest BCUT2D eigenvalue weighted by molar-refractivity contribution is 9.10. The van der Waals surface area contributed by atoms with Gasteiger partial charge in [-0.05, 0) is 38.0 Å². The maximum atomic E-state index is 6.16. The van der Waals surface area contributed by atoms with E-state index in [1.807, 2.05) is 19.1 Å². The average Bonchev–Trinajstić information content (AvgIpc) is 2.32. The predicted molar refractivity (Wildman–Crippen MR) is 79.0 cm³/mol. The van der Waals surface area contributed by atoms with Gasteiger partial charge in [0, 0.05) is 21.3 Å². The minimum absolute atomic E-state index is 0.532. The zero-order valence-corrected chi connectivity index (χ0v) is 12.9. The Hall–Kier alpha value is -0.930. The van der Waals surface area contributed by atoms with Crippen LogP contribution in [0.15, 0.2) is 22.7 Å². The molecule has 0 atom stereocenters. The van der Waals surface area contributed by atoms with Gasteiger partial charge in [0.15, 0.2) is 5.82 Å². The van der Waals surface area contributed by atoms with Crippen LogP contribution in [0, 0.1) is 13.8 Å². The molecule has 2 rings (SSSR count). The zero-order valence-electron chi connectivity index (χ0n) is 10.6. The first-order valence-electron chi connectivity index (χ1n) is 5.82. The second kappa shape index (κ2) is 5.37. The van der Waals surface area contributed by atoms with Crippen molar-refractivity contribution >= 4 is 27.5 Å². The van der Waals surface area contributed by atoms with E-state index >= 15 is 0 Å². The lowest BCUT2D eigenvalue weighted by Gasteiger charge is -2.09. The van der Waals surface area contributed by atoms with Crippen molar-refractivity contribution in [2.75, 3.05) is 0 Å². The summed E-state index contributed by atoms with van der Waals surface area (Å²) in [6, 6.07) is 6.11. The molecule has 0 bridgehead atoms. The third-order valence-corrected chi connectivity index (χ3v) is 3.91. The summed E-state index contributed by atoms with van der Waals surface area (Å²) in [6.07, 6.45) is 0.852. The summed E-state index contributed by atoms with van der Waals surface area (Å²) in [5.41, 5.74) is 4.13. The Morgan fingerprint density at radius 2 is 1.94 bits per heavy atom. The molecule has 1 aromatic carbocycles. The van der Waals surface area contributed by atoms with Crippen molar-refractivity contribution in [2.24, 2.45) is 0 Å². The molecule has 0 radical (unpaired) electrons. The molecule has 2 aromatic rings. The molecule has 0 aliphatic rings. The summed E-state index contributed by atoms with van der Waals surface area (Å²) in [5, 5.41) is 0.532. The number of nitrogens with zero attached hydrogens (tertiary/aromatic N) is 2. The average molecular weight is 326 g/mol. The van der Waals surface area contributed by atoms with Crippen LogP contribution in [0.3, 0.4) is 0 Å². The number of halogens is 2. The molecule has 0 aliphatic carbocycles.